The third-order valence-corrected chi connectivity index (χ3v) is 2.82. The summed E-state index contributed by atoms with van der Waals surface area (Å²) in [5.74, 6) is -0.351. The number of hydrogen-bond acceptors (Lipinski definition) is 4. The molecule has 76 valence electrons. The van der Waals surface area contributed by atoms with Crippen molar-refractivity contribution in [2.75, 3.05) is 5.73 Å². The highest BCUT2D eigenvalue weighted by Crippen LogP contribution is 2.30. The smallest absolute Gasteiger partial charge is 0.181 e. The van der Waals surface area contributed by atoms with Crippen molar-refractivity contribution < 1.29 is 9.18 Å². The zero-order valence-electron chi connectivity index (χ0n) is 7.61. The van der Waals surface area contributed by atoms with Crippen LogP contribution in [0.5, 0.6) is 0 Å². The predicted octanol–water partition coefficient (Wildman–Crippen LogP) is 2.34. The number of anilines is 1. The van der Waals surface area contributed by atoms with E-state index in [0.717, 1.165) is 0 Å². The molecule has 5 heteroatoms. The Labute approximate surface area is 89.4 Å². The minimum Gasteiger partial charge on any atom is -0.375 e. The maximum absolute atomic E-state index is 13.0. The number of aldehydes is 1. The van der Waals surface area contributed by atoms with Gasteiger partial charge in [-0.2, -0.15) is 0 Å². The summed E-state index contributed by atoms with van der Waals surface area (Å²) < 4.78 is 13.0. The van der Waals surface area contributed by atoms with Gasteiger partial charge in [0.25, 0.3) is 0 Å². The van der Waals surface area contributed by atoms with Crippen LogP contribution in [0.15, 0.2) is 24.3 Å². The van der Waals surface area contributed by atoms with Gasteiger partial charge in [0.2, 0.25) is 0 Å². The lowest BCUT2D eigenvalue weighted by atomic mass is 10.1. The number of nitrogens with zero attached hydrogens (tertiary/aromatic N) is 1. The maximum Gasteiger partial charge on any atom is 0.181 e. The number of thiazole rings is 1. The highest BCUT2D eigenvalue weighted by atomic mass is 32.1. The van der Waals surface area contributed by atoms with Gasteiger partial charge in [-0.1, -0.05) is 23.5 Å². The van der Waals surface area contributed by atoms with E-state index in [2.05, 4.69) is 4.98 Å². The molecular weight excluding hydrogens is 215 g/mol. The van der Waals surface area contributed by atoms with Crippen molar-refractivity contribution in [1.82, 2.24) is 4.98 Å². The van der Waals surface area contributed by atoms with Crippen molar-refractivity contribution in [2.45, 2.75) is 0 Å². The van der Waals surface area contributed by atoms with Crippen LogP contribution >= 0.6 is 11.3 Å². The topological polar surface area (TPSA) is 56.0 Å². The molecule has 0 aliphatic rings. The molecule has 2 rings (SSSR count). The lowest BCUT2D eigenvalue weighted by Crippen LogP contribution is -1.86. The first-order valence-electron chi connectivity index (χ1n) is 4.18. The lowest BCUT2D eigenvalue weighted by Gasteiger charge is -1.97. The third-order valence-electron chi connectivity index (χ3n) is 1.87. The molecule has 15 heavy (non-hydrogen) atoms. The van der Waals surface area contributed by atoms with E-state index in [0.29, 0.717) is 21.9 Å². The van der Waals surface area contributed by atoms with E-state index in [4.69, 9.17) is 5.73 Å². The van der Waals surface area contributed by atoms with Crippen LogP contribution in [0.4, 0.5) is 9.52 Å². The second-order valence-corrected chi connectivity index (χ2v) is 3.93. The Hall–Kier alpha value is -1.75. The first-order valence-corrected chi connectivity index (χ1v) is 5.00. The van der Waals surface area contributed by atoms with Gasteiger partial charge in [0, 0.05) is 0 Å². The molecule has 0 amide bonds. The molecule has 0 spiro atoms. The minimum atomic E-state index is -0.351. The number of rotatable bonds is 2. The standard InChI is InChI=1S/C10H7FN2OS/c11-7-3-1-2-6(4-7)9-8(5-14)13-10(12)15-9/h1-5H,(H2,12,13). The molecule has 3 nitrogen and oxygen atoms in total. The summed E-state index contributed by atoms with van der Waals surface area (Å²) in [6.45, 7) is 0. The summed E-state index contributed by atoms with van der Waals surface area (Å²) in [5, 5.41) is 0.302. The quantitative estimate of drug-likeness (QED) is 0.793. The number of nitrogens with two attached hydrogens (primary N) is 1. The molecule has 0 atom stereocenters. The molecule has 0 fully saturated rings. The first kappa shape index (κ1) is 9.79. The summed E-state index contributed by atoms with van der Waals surface area (Å²) in [6.07, 6.45) is 0.618. The Bertz CT molecular complexity index is 510. The Kier molecular flexibility index (Phi) is 2.47. The second kappa shape index (κ2) is 3.78. The highest BCUT2D eigenvalue weighted by Gasteiger charge is 2.11. The number of halogens is 1. The molecule has 0 aliphatic carbocycles. The fourth-order valence-electron chi connectivity index (χ4n) is 1.27. The van der Waals surface area contributed by atoms with Crippen LogP contribution in [0.3, 0.4) is 0 Å². The molecule has 1 heterocycles. The van der Waals surface area contributed by atoms with Crippen molar-refractivity contribution in [3.63, 3.8) is 0 Å². The van der Waals surface area contributed by atoms with Gasteiger partial charge >= 0.3 is 0 Å². The molecule has 2 aromatic rings. The van der Waals surface area contributed by atoms with Crippen LogP contribution in [-0.2, 0) is 0 Å². The van der Waals surface area contributed by atoms with Crippen LogP contribution in [0.1, 0.15) is 10.5 Å². The van der Waals surface area contributed by atoms with E-state index in [9.17, 15) is 9.18 Å². The molecule has 1 aromatic carbocycles. The average Bonchev–Trinajstić information content (AvgIpc) is 2.59. The van der Waals surface area contributed by atoms with Crippen molar-refractivity contribution in [1.29, 1.82) is 0 Å². The van der Waals surface area contributed by atoms with Crippen LogP contribution < -0.4 is 5.73 Å². The van der Waals surface area contributed by atoms with Gasteiger partial charge in [-0.05, 0) is 17.7 Å². The Morgan fingerprint density at radius 1 is 1.47 bits per heavy atom. The zero-order valence-corrected chi connectivity index (χ0v) is 8.42. The molecule has 0 radical (unpaired) electrons. The molecular formula is C10H7FN2OS. The van der Waals surface area contributed by atoms with E-state index < -0.39 is 0 Å². The normalized spacial score (nSPS) is 10.2. The molecule has 1 aromatic heterocycles. The third kappa shape index (κ3) is 1.87. The Morgan fingerprint density at radius 3 is 2.93 bits per heavy atom. The largest absolute Gasteiger partial charge is 0.375 e. The van der Waals surface area contributed by atoms with E-state index >= 15 is 0 Å². The van der Waals surface area contributed by atoms with Crippen molar-refractivity contribution >= 4 is 22.8 Å². The molecule has 0 aliphatic heterocycles. The summed E-state index contributed by atoms with van der Waals surface area (Å²) in [7, 11) is 0. The van der Waals surface area contributed by atoms with Crippen LogP contribution in [0, 0.1) is 5.82 Å². The van der Waals surface area contributed by atoms with Crippen molar-refractivity contribution in [3.8, 4) is 10.4 Å². The van der Waals surface area contributed by atoms with E-state index in [1.165, 1.54) is 23.5 Å². The number of aromatic nitrogens is 1. The second-order valence-electron chi connectivity index (χ2n) is 2.89. The van der Waals surface area contributed by atoms with E-state index in [-0.39, 0.29) is 11.5 Å². The molecule has 0 unspecified atom stereocenters. The fraction of sp³-hybridized carbons (Fsp3) is 0. The van der Waals surface area contributed by atoms with Gasteiger partial charge in [-0.3, -0.25) is 4.79 Å². The Balaban J connectivity index is 2.57. The number of carbonyl (C=O) groups is 1. The SMILES string of the molecule is Nc1nc(C=O)c(-c2cccc(F)c2)s1. The monoisotopic (exact) mass is 222 g/mol. The fourth-order valence-corrected chi connectivity index (χ4v) is 2.06. The number of benzene rings is 1. The summed E-state index contributed by atoms with van der Waals surface area (Å²) in [5.41, 5.74) is 6.35. The van der Waals surface area contributed by atoms with Crippen LogP contribution in [-0.4, -0.2) is 11.3 Å². The van der Waals surface area contributed by atoms with Crippen molar-refractivity contribution in [3.05, 3.63) is 35.8 Å². The number of nitrogen functional groups attached to an aromatic ring is 1. The van der Waals surface area contributed by atoms with Crippen LogP contribution in [0.2, 0.25) is 0 Å². The van der Waals surface area contributed by atoms with E-state index in [1.807, 2.05) is 0 Å². The van der Waals surface area contributed by atoms with Crippen LogP contribution in [0.25, 0.3) is 10.4 Å². The molecule has 0 saturated carbocycles. The van der Waals surface area contributed by atoms with Gasteiger partial charge in [-0.25, -0.2) is 9.37 Å². The Morgan fingerprint density at radius 2 is 2.27 bits per heavy atom. The molecule has 2 N–H and O–H groups in total. The summed E-state index contributed by atoms with van der Waals surface area (Å²) >= 11 is 1.17. The maximum atomic E-state index is 13.0. The van der Waals surface area contributed by atoms with Gasteiger partial charge < -0.3 is 5.73 Å². The molecule has 0 bridgehead atoms. The summed E-state index contributed by atoms with van der Waals surface area (Å²) in [6, 6.07) is 5.98. The summed E-state index contributed by atoms with van der Waals surface area (Å²) in [4.78, 5) is 15.1. The van der Waals surface area contributed by atoms with Gasteiger partial charge in [0.1, 0.15) is 11.5 Å². The van der Waals surface area contributed by atoms with Gasteiger partial charge in [0.05, 0.1) is 4.88 Å². The predicted molar refractivity (Wildman–Crippen MR) is 57.3 cm³/mol. The van der Waals surface area contributed by atoms with E-state index in [1.54, 1.807) is 12.1 Å². The molecule has 0 saturated heterocycles. The zero-order chi connectivity index (χ0) is 10.8. The lowest BCUT2D eigenvalue weighted by molar-refractivity contribution is 0.112. The van der Waals surface area contributed by atoms with Crippen molar-refractivity contribution in [2.24, 2.45) is 0 Å². The highest BCUT2D eigenvalue weighted by molar-refractivity contribution is 7.19. The average molecular weight is 222 g/mol. The first-order chi connectivity index (χ1) is 7.20. The minimum absolute atomic E-state index is 0.253. The number of hydrogen-bond donors (Lipinski definition) is 1. The number of carbonyl (C=O) groups excluding carboxylic acids is 1. The van der Waals surface area contributed by atoms with Gasteiger partial charge in [-0.15, -0.1) is 0 Å². The van der Waals surface area contributed by atoms with Gasteiger partial charge in [0.15, 0.2) is 11.4 Å².